The van der Waals surface area contributed by atoms with Gasteiger partial charge in [0.05, 0.1) is 55.3 Å². The number of Topliss-reactive ketones (excluding diaryl/α,β-unsaturated/α-hetero) is 2. The normalized spacial score (nSPS) is 17.8. The van der Waals surface area contributed by atoms with Crippen molar-refractivity contribution in [2.24, 2.45) is 29.6 Å². The third-order valence-corrected chi connectivity index (χ3v) is 13.1. The van der Waals surface area contributed by atoms with E-state index in [4.69, 9.17) is 14.2 Å². The lowest BCUT2D eigenvalue weighted by atomic mass is 9.83. The lowest BCUT2D eigenvalue weighted by molar-refractivity contribution is -0.149. The second-order valence-corrected chi connectivity index (χ2v) is 18.9. The Balaban J connectivity index is 1.77. The number of hydrogen-bond donors (Lipinski definition) is 2. The second kappa shape index (κ2) is 26.6. The highest BCUT2D eigenvalue weighted by Crippen LogP contribution is 2.31. The lowest BCUT2D eigenvalue weighted by Gasteiger charge is -2.41. The molecule has 9 atom stereocenters. The minimum Gasteiger partial charge on any atom is -0.379 e. The zero-order valence-corrected chi connectivity index (χ0v) is 41.4. The molecule has 0 radical (unpaired) electrons. The minimum absolute atomic E-state index is 0.00503. The molecular weight excluding hydrogens is 827 g/mol. The molecule has 4 amide bonds. The summed E-state index contributed by atoms with van der Waals surface area (Å²) in [5, 5.41) is 5.72. The van der Waals surface area contributed by atoms with Crippen LogP contribution in [0, 0.1) is 29.6 Å². The predicted octanol–water partition coefficient (Wildman–Crippen LogP) is 6.20. The number of methoxy groups -OCH3 is 2. The summed E-state index contributed by atoms with van der Waals surface area (Å²) in [7, 11) is 8.64. The molecule has 2 aromatic carbocycles. The average molecular weight is 906 g/mol. The number of benzene rings is 2. The third-order valence-electron chi connectivity index (χ3n) is 13.1. The number of likely N-dealkylation sites (N-methyl/N-ethyl adjacent to an activating group) is 2. The zero-order chi connectivity index (χ0) is 48.5. The van der Waals surface area contributed by atoms with Crippen LogP contribution in [0.4, 0.5) is 5.69 Å². The fraction of sp³-hybridized carbons (Fsp3) is 0.647. The summed E-state index contributed by atoms with van der Waals surface area (Å²) in [5.41, 5.74) is 2.35. The molecule has 14 nitrogen and oxygen atoms in total. The molecule has 2 aromatic rings. The number of carbonyl (C=O) groups is 6. The molecular formula is C51H79N5O9. The summed E-state index contributed by atoms with van der Waals surface area (Å²) in [4.78, 5) is 87.1. The van der Waals surface area contributed by atoms with E-state index in [1.165, 1.54) is 14.0 Å². The molecule has 65 heavy (non-hydrogen) atoms. The molecule has 0 saturated carbocycles. The van der Waals surface area contributed by atoms with E-state index >= 15 is 0 Å². The van der Waals surface area contributed by atoms with E-state index in [1.807, 2.05) is 96.1 Å². The van der Waals surface area contributed by atoms with E-state index in [0.29, 0.717) is 25.1 Å². The molecule has 1 aliphatic rings. The molecule has 1 saturated heterocycles. The van der Waals surface area contributed by atoms with Crippen LogP contribution in [0.1, 0.15) is 98.6 Å². The molecule has 0 spiro atoms. The van der Waals surface area contributed by atoms with Crippen molar-refractivity contribution in [2.75, 3.05) is 53.8 Å². The lowest BCUT2D eigenvalue weighted by Crippen LogP contribution is -2.55. The number of nitrogens with zero attached hydrogens (tertiary/aromatic N) is 3. The van der Waals surface area contributed by atoms with Gasteiger partial charge in [-0.25, -0.2) is 0 Å². The Bertz CT molecular complexity index is 1830. The molecule has 14 heteroatoms. The van der Waals surface area contributed by atoms with Crippen molar-refractivity contribution < 1.29 is 43.0 Å². The monoisotopic (exact) mass is 906 g/mol. The SMILES string of the molecule is CC[C@H](C)[C@@H]([C@@H](CC(=O)N1CCC[C@H]1[C@H](OC)[C@@H](C)C(=O)N[C@@H](Cc1ccccc1)C(=O)COCc1ccc(NC(C)=O)cc1)OC)N(C)C(=O)[C@@H](CC(=O)[C@H](C(C)C)N(C)C)C(C)C. The van der Waals surface area contributed by atoms with Gasteiger partial charge in [-0.2, -0.15) is 0 Å². The molecule has 1 heterocycles. The number of hydrogen-bond acceptors (Lipinski definition) is 10. The van der Waals surface area contributed by atoms with Crippen LogP contribution in [0.3, 0.4) is 0 Å². The van der Waals surface area contributed by atoms with Gasteiger partial charge in [-0.15, -0.1) is 0 Å². The van der Waals surface area contributed by atoms with E-state index in [0.717, 1.165) is 17.5 Å². The van der Waals surface area contributed by atoms with E-state index in [9.17, 15) is 28.8 Å². The van der Waals surface area contributed by atoms with Gasteiger partial charge in [0.25, 0.3) is 0 Å². The summed E-state index contributed by atoms with van der Waals surface area (Å²) >= 11 is 0. The molecule has 0 bridgehead atoms. The Kier molecular flexibility index (Phi) is 22.4. The first-order valence-corrected chi connectivity index (χ1v) is 23.4. The first kappa shape index (κ1) is 54.8. The summed E-state index contributed by atoms with van der Waals surface area (Å²) in [6.45, 7) is 15.7. The second-order valence-electron chi connectivity index (χ2n) is 18.9. The fourth-order valence-electron chi connectivity index (χ4n) is 9.43. The van der Waals surface area contributed by atoms with Gasteiger partial charge in [0.15, 0.2) is 11.6 Å². The van der Waals surface area contributed by atoms with Crippen LogP contribution in [0.25, 0.3) is 0 Å². The Labute approximate surface area is 388 Å². The smallest absolute Gasteiger partial charge is 0.226 e. The Morgan fingerprint density at radius 3 is 2.00 bits per heavy atom. The van der Waals surface area contributed by atoms with Crippen molar-refractivity contribution in [1.82, 2.24) is 20.0 Å². The standard InChI is InChI=1S/C51H79N5O9/c1-14-34(6)48(55(11)51(62)40(32(2)3)28-43(58)47(33(4)5)54(9)10)45(63-12)29-46(60)56-26-18-21-42(56)49(64-13)35(7)50(61)53-41(27-37-19-16-15-17-20-37)44(59)31-65-30-38-22-24-39(25-23-38)52-36(8)57/h15-17,19-20,22-25,32-35,40-42,45,47-49H,14,18,21,26-31H2,1-13H3,(H,52,57)(H,53,61)/t34-,35+,40-,41-,42-,45+,47-,48-,49+/m0/s1. The molecule has 1 fully saturated rings. The largest absolute Gasteiger partial charge is 0.379 e. The van der Waals surface area contributed by atoms with Gasteiger partial charge < -0.3 is 34.6 Å². The quantitative estimate of drug-likeness (QED) is 0.106. The van der Waals surface area contributed by atoms with Crippen LogP contribution >= 0.6 is 0 Å². The van der Waals surface area contributed by atoms with Crippen molar-refractivity contribution in [1.29, 1.82) is 0 Å². The van der Waals surface area contributed by atoms with Crippen LogP contribution in [-0.4, -0.2) is 135 Å². The van der Waals surface area contributed by atoms with Crippen molar-refractivity contribution in [3.05, 3.63) is 65.7 Å². The predicted molar refractivity (Wildman–Crippen MR) is 254 cm³/mol. The number of likely N-dealkylation sites (tertiary alicyclic amines) is 1. The van der Waals surface area contributed by atoms with Gasteiger partial charge in [-0.3, -0.25) is 33.7 Å². The van der Waals surface area contributed by atoms with Gasteiger partial charge in [-0.05, 0) is 74.4 Å². The molecule has 0 unspecified atom stereocenters. The van der Waals surface area contributed by atoms with Crippen LogP contribution in [-0.2, 0) is 56.0 Å². The Morgan fingerprint density at radius 1 is 0.815 bits per heavy atom. The first-order chi connectivity index (χ1) is 30.7. The van der Waals surface area contributed by atoms with Crippen LogP contribution in [0.5, 0.6) is 0 Å². The molecule has 362 valence electrons. The third kappa shape index (κ3) is 15.8. The summed E-state index contributed by atoms with van der Waals surface area (Å²) in [6, 6.07) is 14.5. The van der Waals surface area contributed by atoms with Gasteiger partial charge >= 0.3 is 0 Å². The molecule has 0 aromatic heterocycles. The maximum Gasteiger partial charge on any atom is 0.226 e. The number of nitrogens with one attached hydrogen (secondary N) is 2. The highest BCUT2D eigenvalue weighted by molar-refractivity contribution is 5.92. The number of rotatable bonds is 27. The molecule has 1 aliphatic heterocycles. The van der Waals surface area contributed by atoms with E-state index in [2.05, 4.69) is 17.6 Å². The number of carbonyl (C=O) groups excluding carboxylic acids is 6. The Hall–Kier alpha value is -4.50. The molecule has 0 aliphatic carbocycles. The summed E-state index contributed by atoms with van der Waals surface area (Å²) < 4.78 is 17.9. The van der Waals surface area contributed by atoms with Crippen LogP contribution in [0.15, 0.2) is 54.6 Å². The van der Waals surface area contributed by atoms with Crippen LogP contribution < -0.4 is 10.6 Å². The highest BCUT2D eigenvalue weighted by atomic mass is 16.5. The fourth-order valence-corrected chi connectivity index (χ4v) is 9.43. The van der Waals surface area contributed by atoms with Crippen molar-refractivity contribution >= 4 is 40.9 Å². The van der Waals surface area contributed by atoms with E-state index in [1.54, 1.807) is 43.0 Å². The van der Waals surface area contributed by atoms with Crippen molar-refractivity contribution in [3.63, 3.8) is 0 Å². The van der Waals surface area contributed by atoms with E-state index in [-0.39, 0.29) is 91.5 Å². The van der Waals surface area contributed by atoms with E-state index < -0.39 is 42.2 Å². The number of anilines is 1. The van der Waals surface area contributed by atoms with Crippen molar-refractivity contribution in [2.45, 2.75) is 137 Å². The highest BCUT2D eigenvalue weighted by Gasteiger charge is 2.43. The maximum absolute atomic E-state index is 14.4. The van der Waals surface area contributed by atoms with Gasteiger partial charge in [0.1, 0.15) is 6.61 Å². The zero-order valence-electron chi connectivity index (χ0n) is 41.4. The van der Waals surface area contributed by atoms with Gasteiger partial charge in [0, 0.05) is 52.8 Å². The van der Waals surface area contributed by atoms with Gasteiger partial charge in [-0.1, -0.05) is 97.4 Å². The van der Waals surface area contributed by atoms with Gasteiger partial charge in [0.2, 0.25) is 23.6 Å². The topological polar surface area (TPSA) is 164 Å². The number of ketones is 2. The number of amides is 4. The molecule has 3 rings (SSSR count). The first-order valence-electron chi connectivity index (χ1n) is 23.4. The summed E-state index contributed by atoms with van der Waals surface area (Å²) in [6.07, 6.45) is 1.13. The van der Waals surface area contributed by atoms with Crippen LogP contribution in [0.2, 0.25) is 0 Å². The average Bonchev–Trinajstić information content (AvgIpc) is 3.75. The Morgan fingerprint density at radius 2 is 1.46 bits per heavy atom. The minimum atomic E-state index is -0.883. The summed E-state index contributed by atoms with van der Waals surface area (Å²) in [5.74, 6) is -2.42. The van der Waals surface area contributed by atoms with Crippen molar-refractivity contribution in [3.8, 4) is 0 Å². The number of ether oxygens (including phenoxy) is 3. The molecule has 2 N–H and O–H groups in total. The maximum atomic E-state index is 14.4.